The summed E-state index contributed by atoms with van der Waals surface area (Å²) in [6, 6.07) is 2.06. The second kappa shape index (κ2) is 5.42. The van der Waals surface area contributed by atoms with Gasteiger partial charge < -0.3 is 10.5 Å². The Morgan fingerprint density at radius 1 is 1.50 bits per heavy atom. The smallest absolute Gasteiger partial charge is 0.161 e. The minimum Gasteiger partial charge on any atom is -0.493 e. The third kappa shape index (κ3) is 2.46. The normalized spacial score (nSPS) is 13.0. The average molecular weight is 330 g/mol. The minimum absolute atomic E-state index is 0.221. The SMILES string of the molecule is COc1cnn(C(C)C)c1C(N)c1cc(Br)cs1. The van der Waals surface area contributed by atoms with Crippen LogP contribution in [0.2, 0.25) is 0 Å². The van der Waals surface area contributed by atoms with Gasteiger partial charge in [0.2, 0.25) is 0 Å². The zero-order valence-electron chi connectivity index (χ0n) is 10.6. The van der Waals surface area contributed by atoms with Crippen LogP contribution in [0.1, 0.15) is 36.5 Å². The van der Waals surface area contributed by atoms with Crippen molar-refractivity contribution in [1.82, 2.24) is 9.78 Å². The molecule has 0 aromatic carbocycles. The lowest BCUT2D eigenvalue weighted by atomic mass is 10.1. The standard InChI is InChI=1S/C12H16BrN3OS/c1-7(2)16-12(9(17-3)5-15-16)11(14)10-4-8(13)6-18-10/h4-7,11H,14H2,1-3H3. The molecule has 6 heteroatoms. The molecule has 0 spiro atoms. The summed E-state index contributed by atoms with van der Waals surface area (Å²) in [7, 11) is 1.64. The van der Waals surface area contributed by atoms with Gasteiger partial charge in [-0.25, -0.2) is 0 Å². The fraction of sp³-hybridized carbons (Fsp3) is 0.417. The third-order valence-electron chi connectivity index (χ3n) is 2.70. The van der Waals surface area contributed by atoms with E-state index in [2.05, 4.69) is 34.9 Å². The van der Waals surface area contributed by atoms with Crippen LogP contribution in [0, 0.1) is 0 Å². The van der Waals surface area contributed by atoms with Gasteiger partial charge in [0.15, 0.2) is 5.75 Å². The lowest BCUT2D eigenvalue weighted by Gasteiger charge is -2.17. The molecule has 1 unspecified atom stereocenters. The van der Waals surface area contributed by atoms with Crippen LogP contribution in [0.4, 0.5) is 0 Å². The molecule has 0 amide bonds. The zero-order chi connectivity index (χ0) is 13.3. The molecule has 2 heterocycles. The molecule has 0 saturated heterocycles. The number of hydrogen-bond acceptors (Lipinski definition) is 4. The van der Waals surface area contributed by atoms with Gasteiger partial charge in [0, 0.05) is 20.8 Å². The predicted octanol–water partition coefficient (Wildman–Crippen LogP) is 3.34. The van der Waals surface area contributed by atoms with Crippen molar-refractivity contribution >= 4 is 27.3 Å². The Labute approximate surface area is 119 Å². The van der Waals surface area contributed by atoms with Crippen molar-refractivity contribution < 1.29 is 4.74 Å². The number of aromatic nitrogens is 2. The molecule has 98 valence electrons. The van der Waals surface area contributed by atoms with Gasteiger partial charge in [-0.3, -0.25) is 4.68 Å². The summed E-state index contributed by atoms with van der Waals surface area (Å²) in [5.74, 6) is 0.737. The summed E-state index contributed by atoms with van der Waals surface area (Å²) < 4.78 is 8.32. The van der Waals surface area contributed by atoms with Gasteiger partial charge in [0.25, 0.3) is 0 Å². The molecule has 4 nitrogen and oxygen atoms in total. The summed E-state index contributed by atoms with van der Waals surface area (Å²) in [6.07, 6.45) is 1.72. The Bertz CT molecular complexity index is 535. The van der Waals surface area contributed by atoms with E-state index in [1.165, 1.54) is 0 Å². The fourth-order valence-corrected chi connectivity index (χ4v) is 3.30. The summed E-state index contributed by atoms with van der Waals surface area (Å²) in [5, 5.41) is 6.37. The van der Waals surface area contributed by atoms with Crippen LogP contribution in [0.5, 0.6) is 5.75 Å². The van der Waals surface area contributed by atoms with Gasteiger partial charge in [-0.2, -0.15) is 5.10 Å². The molecular weight excluding hydrogens is 314 g/mol. The van der Waals surface area contributed by atoms with Crippen LogP contribution >= 0.6 is 27.3 Å². The van der Waals surface area contributed by atoms with E-state index in [-0.39, 0.29) is 12.1 Å². The van der Waals surface area contributed by atoms with Crippen molar-refractivity contribution in [3.05, 3.63) is 32.7 Å². The van der Waals surface area contributed by atoms with E-state index in [0.717, 1.165) is 20.8 Å². The first-order valence-electron chi connectivity index (χ1n) is 5.65. The third-order valence-corrected chi connectivity index (χ3v) is 4.47. The van der Waals surface area contributed by atoms with Crippen molar-refractivity contribution in [1.29, 1.82) is 0 Å². The number of ether oxygens (including phenoxy) is 1. The Balaban J connectivity index is 2.45. The minimum atomic E-state index is -0.221. The lowest BCUT2D eigenvalue weighted by molar-refractivity contribution is 0.401. The fourth-order valence-electron chi connectivity index (χ4n) is 1.85. The number of nitrogens with two attached hydrogens (primary N) is 1. The van der Waals surface area contributed by atoms with Crippen LogP contribution < -0.4 is 10.5 Å². The molecule has 0 aliphatic carbocycles. The summed E-state index contributed by atoms with van der Waals surface area (Å²) in [5.41, 5.74) is 7.26. The molecule has 18 heavy (non-hydrogen) atoms. The summed E-state index contributed by atoms with van der Waals surface area (Å²) in [4.78, 5) is 1.09. The molecule has 0 fully saturated rings. The van der Waals surface area contributed by atoms with E-state index < -0.39 is 0 Å². The molecule has 0 aliphatic heterocycles. The van der Waals surface area contributed by atoms with Gasteiger partial charge in [-0.1, -0.05) is 0 Å². The molecular formula is C12H16BrN3OS. The number of hydrogen-bond donors (Lipinski definition) is 1. The second-order valence-electron chi connectivity index (χ2n) is 4.28. The average Bonchev–Trinajstić information content (AvgIpc) is 2.93. The van der Waals surface area contributed by atoms with Gasteiger partial charge in [-0.05, 0) is 35.8 Å². The van der Waals surface area contributed by atoms with Crippen molar-refractivity contribution in [2.75, 3.05) is 7.11 Å². The molecule has 2 aromatic heterocycles. The maximum atomic E-state index is 6.34. The Hall–Kier alpha value is -0.850. The second-order valence-corrected chi connectivity index (χ2v) is 6.14. The van der Waals surface area contributed by atoms with E-state index >= 15 is 0 Å². The maximum absolute atomic E-state index is 6.34. The predicted molar refractivity (Wildman–Crippen MR) is 77.2 cm³/mol. The first-order valence-corrected chi connectivity index (χ1v) is 7.32. The van der Waals surface area contributed by atoms with Gasteiger partial charge in [0.1, 0.15) is 5.69 Å². The highest BCUT2D eigenvalue weighted by Gasteiger charge is 2.22. The number of halogens is 1. The van der Waals surface area contributed by atoms with Crippen molar-refractivity contribution in [2.45, 2.75) is 25.9 Å². The highest BCUT2D eigenvalue weighted by Crippen LogP contribution is 2.34. The molecule has 2 aromatic rings. The monoisotopic (exact) mass is 329 g/mol. The highest BCUT2D eigenvalue weighted by molar-refractivity contribution is 9.10. The Morgan fingerprint density at radius 3 is 2.72 bits per heavy atom. The molecule has 0 radical (unpaired) electrons. The lowest BCUT2D eigenvalue weighted by Crippen LogP contribution is -2.18. The first kappa shape index (κ1) is 13.6. The summed E-state index contributed by atoms with van der Waals surface area (Å²) in [6.45, 7) is 4.15. The Morgan fingerprint density at radius 2 is 2.22 bits per heavy atom. The van der Waals surface area contributed by atoms with E-state index in [9.17, 15) is 0 Å². The molecule has 0 bridgehead atoms. The van der Waals surface area contributed by atoms with Crippen LogP contribution in [0.25, 0.3) is 0 Å². The van der Waals surface area contributed by atoms with E-state index in [0.29, 0.717) is 0 Å². The maximum Gasteiger partial charge on any atom is 0.161 e. The van der Waals surface area contributed by atoms with Crippen molar-refractivity contribution in [2.24, 2.45) is 5.73 Å². The number of methoxy groups -OCH3 is 1. The van der Waals surface area contributed by atoms with Gasteiger partial charge >= 0.3 is 0 Å². The molecule has 0 aliphatic rings. The van der Waals surface area contributed by atoms with Gasteiger partial charge in [0.05, 0.1) is 19.3 Å². The van der Waals surface area contributed by atoms with Crippen LogP contribution in [-0.4, -0.2) is 16.9 Å². The number of rotatable bonds is 4. The molecule has 0 saturated carbocycles. The quantitative estimate of drug-likeness (QED) is 0.935. The largest absolute Gasteiger partial charge is 0.493 e. The summed E-state index contributed by atoms with van der Waals surface area (Å²) >= 11 is 5.07. The van der Waals surface area contributed by atoms with Crippen LogP contribution in [0.15, 0.2) is 22.1 Å². The topological polar surface area (TPSA) is 53.1 Å². The number of nitrogens with zero attached hydrogens (tertiary/aromatic N) is 2. The van der Waals surface area contributed by atoms with E-state index in [1.54, 1.807) is 24.6 Å². The number of thiophene rings is 1. The molecule has 2 rings (SSSR count). The Kier molecular flexibility index (Phi) is 4.09. The van der Waals surface area contributed by atoms with Crippen LogP contribution in [-0.2, 0) is 0 Å². The van der Waals surface area contributed by atoms with E-state index in [1.807, 2.05) is 16.1 Å². The van der Waals surface area contributed by atoms with Crippen molar-refractivity contribution in [3.8, 4) is 5.75 Å². The van der Waals surface area contributed by atoms with E-state index in [4.69, 9.17) is 10.5 Å². The zero-order valence-corrected chi connectivity index (χ0v) is 13.0. The molecule has 1 atom stereocenters. The van der Waals surface area contributed by atoms with Crippen molar-refractivity contribution in [3.63, 3.8) is 0 Å². The van der Waals surface area contributed by atoms with Gasteiger partial charge in [-0.15, -0.1) is 11.3 Å². The highest BCUT2D eigenvalue weighted by atomic mass is 79.9. The first-order chi connectivity index (χ1) is 8.54. The van der Waals surface area contributed by atoms with Crippen LogP contribution in [0.3, 0.4) is 0 Å². The molecule has 2 N–H and O–H groups in total.